The molecule has 1 nitrogen and oxygen atoms in total. The maximum atomic E-state index is 2.75. The van der Waals surface area contributed by atoms with E-state index in [2.05, 4.69) is 108 Å². The van der Waals surface area contributed by atoms with E-state index in [9.17, 15) is 0 Å². The normalized spacial score (nSPS) is 16.9. The van der Waals surface area contributed by atoms with Gasteiger partial charge in [-0.15, -0.1) is 0 Å². The Bertz CT molecular complexity index is 502. The first-order valence-electron chi connectivity index (χ1n) is 9.96. The first-order chi connectivity index (χ1) is 11.4. The zero-order chi connectivity index (χ0) is 21.3. The molecular weight excluding hydrogens is 382 g/mol. The molecule has 1 rings (SSSR count). The maximum absolute atomic E-state index is 2.75. The van der Waals surface area contributed by atoms with E-state index in [0.29, 0.717) is 0 Å². The van der Waals surface area contributed by atoms with Gasteiger partial charge in [-0.05, 0) is 14.1 Å². The van der Waals surface area contributed by atoms with Crippen molar-refractivity contribution in [2.75, 3.05) is 14.1 Å². The second kappa shape index (κ2) is 11.2. The van der Waals surface area contributed by atoms with Crippen LogP contribution in [0.4, 0.5) is 0 Å². The summed E-state index contributed by atoms with van der Waals surface area (Å²) in [7, 11) is 1.81. The third-order valence-electron chi connectivity index (χ3n) is 3.68. The average Bonchev–Trinajstić information content (AvgIpc) is 2.80. The summed E-state index contributed by atoms with van der Waals surface area (Å²) in [5.41, 5.74) is 6.30. The minimum atomic E-state index is -2.08. The number of allylic oxidation sites excluding steroid dienone is 6. The Hall–Kier alpha value is 0.0681. The molecule has 0 aromatic heterocycles. The second-order valence-corrected chi connectivity index (χ2v) is 35.3. The molecule has 26 heavy (non-hydrogen) atoms. The van der Waals surface area contributed by atoms with Gasteiger partial charge < -0.3 is 5.32 Å². The van der Waals surface area contributed by atoms with Crippen molar-refractivity contribution in [3.8, 4) is 0 Å². The zero-order valence-corrected chi connectivity index (χ0v) is 23.7. The van der Waals surface area contributed by atoms with Crippen LogP contribution < -0.4 is 5.32 Å². The largest absolute Gasteiger partial charge is 0.323 e. The smallest absolute Gasteiger partial charge is 0.0686 e. The molecule has 0 spiro atoms. The molecule has 0 aromatic rings. The van der Waals surface area contributed by atoms with Crippen molar-refractivity contribution < 1.29 is 15.3 Å². The van der Waals surface area contributed by atoms with Gasteiger partial charge in [0.25, 0.3) is 0 Å². The Labute approximate surface area is 169 Å². The summed E-state index contributed by atoms with van der Waals surface area (Å²) < 4.78 is 1.77. The summed E-state index contributed by atoms with van der Waals surface area (Å²) in [6, 6.07) is 0. The first kappa shape index (κ1) is 28.3. The standard InChI is InChI=1S/C10H22Si2.C6H7.C2H7N.4CH3.Ti/c1-11(2,3)9-7-8-10-12(4,5)6;1-6-4-2-3-5-6;1-3-2;;;;;/h7-10H,1-6H3;2,4H,3H2,1H3;3H,1-2H3;4*1H3;. The molecule has 0 fully saturated rings. The summed E-state index contributed by atoms with van der Waals surface area (Å²) in [5, 5.41) is 12.7. The van der Waals surface area contributed by atoms with Gasteiger partial charge >= 0.3 is 71.2 Å². The van der Waals surface area contributed by atoms with Crippen LogP contribution in [-0.2, 0) is 15.3 Å². The van der Waals surface area contributed by atoms with Gasteiger partial charge in [0.05, 0.1) is 16.1 Å². The van der Waals surface area contributed by atoms with E-state index >= 15 is 0 Å². The fourth-order valence-electron chi connectivity index (χ4n) is 2.50. The van der Waals surface area contributed by atoms with Crippen molar-refractivity contribution in [2.24, 2.45) is 0 Å². The SMILES string of the molecule is CC1=[C]([Ti]([CH3])([CH3])([CH3])[CH3])CC=C1.CNC.C[Si](C)(C)C=CC=C[Si](C)(C)C. The molecule has 0 saturated carbocycles. The second-order valence-electron chi connectivity index (χ2n) is 11.7. The number of rotatable bonds is 4. The molecule has 0 aromatic carbocycles. The molecule has 1 N–H and O–H groups in total. The summed E-state index contributed by atoms with van der Waals surface area (Å²) in [5.74, 6) is 0. The van der Waals surface area contributed by atoms with Gasteiger partial charge in [0, 0.05) is 0 Å². The Morgan fingerprint density at radius 2 is 1.19 bits per heavy atom. The van der Waals surface area contributed by atoms with Crippen molar-refractivity contribution in [2.45, 2.75) is 73.5 Å². The van der Waals surface area contributed by atoms with Gasteiger partial charge in [-0.2, -0.15) is 0 Å². The number of hydrogen-bond donors (Lipinski definition) is 1. The van der Waals surface area contributed by atoms with Gasteiger partial charge in [0.1, 0.15) is 0 Å². The van der Waals surface area contributed by atoms with Crippen LogP contribution in [-0.4, -0.2) is 30.2 Å². The van der Waals surface area contributed by atoms with Crippen LogP contribution >= 0.6 is 0 Å². The predicted octanol–water partition coefficient (Wildman–Crippen LogP) is 7.79. The first-order valence-corrected chi connectivity index (χ1v) is 24.1. The Morgan fingerprint density at radius 1 is 0.846 bits per heavy atom. The van der Waals surface area contributed by atoms with Crippen molar-refractivity contribution in [3.05, 3.63) is 45.2 Å². The minimum absolute atomic E-state index is 0.970. The Kier molecular flexibility index (Phi) is 12.1. The van der Waals surface area contributed by atoms with Gasteiger partial charge in [0.2, 0.25) is 0 Å². The molecule has 0 unspecified atom stereocenters. The van der Waals surface area contributed by atoms with Crippen molar-refractivity contribution in [3.63, 3.8) is 0 Å². The Balaban J connectivity index is 0. The summed E-state index contributed by atoms with van der Waals surface area (Å²) in [4.78, 5) is 0. The minimum Gasteiger partial charge on any atom is -0.323 e. The van der Waals surface area contributed by atoms with E-state index in [4.69, 9.17) is 0 Å². The molecular formula is C22H48NSi2Ti. The monoisotopic (exact) mass is 430 g/mol. The van der Waals surface area contributed by atoms with Crippen LogP contribution in [0.1, 0.15) is 13.3 Å². The summed E-state index contributed by atoms with van der Waals surface area (Å²) >= 11 is -2.08. The molecule has 0 aliphatic heterocycles. The molecule has 0 radical (unpaired) electrons. The topological polar surface area (TPSA) is 12.0 Å². The van der Waals surface area contributed by atoms with E-state index in [-0.39, 0.29) is 0 Å². The third-order valence-corrected chi connectivity index (χ3v) is 10.8. The van der Waals surface area contributed by atoms with E-state index in [0.717, 1.165) is 0 Å². The fraction of sp³-hybridized carbons (Fsp3) is 0.636. The molecule has 0 bridgehead atoms. The number of nitrogens with one attached hydrogen (secondary N) is 1. The quantitative estimate of drug-likeness (QED) is 0.354. The van der Waals surface area contributed by atoms with Gasteiger partial charge in [-0.25, -0.2) is 0 Å². The van der Waals surface area contributed by atoms with Crippen LogP contribution in [0.3, 0.4) is 0 Å². The third kappa shape index (κ3) is 17.5. The van der Waals surface area contributed by atoms with Crippen LogP contribution in [0.5, 0.6) is 0 Å². The molecule has 0 saturated heterocycles. The van der Waals surface area contributed by atoms with E-state index < -0.39 is 31.5 Å². The molecule has 4 heteroatoms. The van der Waals surface area contributed by atoms with Crippen LogP contribution in [0.2, 0.25) is 60.2 Å². The van der Waals surface area contributed by atoms with Crippen LogP contribution in [0.25, 0.3) is 0 Å². The van der Waals surface area contributed by atoms with Crippen molar-refractivity contribution >= 4 is 16.1 Å². The van der Waals surface area contributed by atoms with Gasteiger partial charge in [-0.3, -0.25) is 0 Å². The van der Waals surface area contributed by atoms with Gasteiger partial charge in [0.15, 0.2) is 0 Å². The summed E-state index contributed by atoms with van der Waals surface area (Å²) in [6.07, 6.45) is 10.3. The average molecular weight is 431 g/mol. The Morgan fingerprint density at radius 3 is 1.35 bits per heavy atom. The summed E-state index contributed by atoms with van der Waals surface area (Å²) in [6.45, 7) is 16.4. The van der Waals surface area contributed by atoms with Crippen molar-refractivity contribution in [1.82, 2.24) is 5.32 Å². The van der Waals surface area contributed by atoms with Crippen molar-refractivity contribution in [1.29, 1.82) is 0 Å². The molecule has 153 valence electrons. The van der Waals surface area contributed by atoms with Gasteiger partial charge in [-0.1, -0.05) is 62.8 Å². The van der Waals surface area contributed by atoms with E-state index in [1.807, 2.05) is 14.1 Å². The molecule has 0 heterocycles. The predicted molar refractivity (Wildman–Crippen MR) is 130 cm³/mol. The number of hydrogen-bond acceptors (Lipinski definition) is 1. The van der Waals surface area contributed by atoms with Crippen LogP contribution in [0, 0.1) is 0 Å². The molecule has 0 amide bonds. The zero-order valence-electron chi connectivity index (χ0n) is 20.2. The van der Waals surface area contributed by atoms with E-state index in [1.165, 1.54) is 12.0 Å². The molecule has 0 atom stereocenters. The fourth-order valence-corrected chi connectivity index (χ4v) is 7.93. The maximum Gasteiger partial charge on any atom is 0.0686 e. The molecule has 1 aliphatic rings. The molecule has 1 aliphatic carbocycles. The van der Waals surface area contributed by atoms with Crippen LogP contribution in [0.15, 0.2) is 45.2 Å². The van der Waals surface area contributed by atoms with E-state index in [1.54, 1.807) is 3.88 Å².